The molecule has 0 heterocycles. The van der Waals surface area contributed by atoms with Crippen molar-refractivity contribution in [2.45, 2.75) is 71.6 Å². The van der Waals surface area contributed by atoms with E-state index < -0.39 is 0 Å². The van der Waals surface area contributed by atoms with Crippen molar-refractivity contribution in [3.63, 3.8) is 0 Å². The third kappa shape index (κ3) is 1.64. The highest BCUT2D eigenvalue weighted by molar-refractivity contribution is 5.16. The van der Waals surface area contributed by atoms with Crippen molar-refractivity contribution in [1.29, 1.82) is 0 Å². The van der Waals surface area contributed by atoms with Crippen molar-refractivity contribution in [3.05, 3.63) is 12.2 Å². The van der Waals surface area contributed by atoms with Gasteiger partial charge in [0.05, 0.1) is 0 Å². The van der Waals surface area contributed by atoms with Crippen LogP contribution in [0.3, 0.4) is 0 Å². The maximum Gasteiger partial charge on any atom is -0.0166 e. The van der Waals surface area contributed by atoms with Gasteiger partial charge in [0.25, 0.3) is 0 Å². The minimum atomic E-state index is 0.654. The summed E-state index contributed by atoms with van der Waals surface area (Å²) in [6.45, 7) is 5.25. The van der Waals surface area contributed by atoms with Gasteiger partial charge in [-0.15, -0.1) is 0 Å². The van der Waals surface area contributed by atoms with Crippen molar-refractivity contribution in [2.75, 3.05) is 0 Å². The predicted octanol–water partition coefficient (Wildman–Crippen LogP) is 5.59. The number of fused-ring (bicyclic) bond motifs is 5. The molecule has 3 saturated carbocycles. The van der Waals surface area contributed by atoms with Gasteiger partial charge in [-0.2, -0.15) is 0 Å². The number of allylic oxidation sites excluding steroid dienone is 2. The van der Waals surface area contributed by atoms with E-state index in [4.69, 9.17) is 0 Å². The molecule has 4 rings (SSSR count). The van der Waals surface area contributed by atoms with Gasteiger partial charge in [0.2, 0.25) is 0 Å². The van der Waals surface area contributed by atoms with Crippen molar-refractivity contribution >= 4 is 0 Å². The van der Waals surface area contributed by atoms with Crippen LogP contribution in [0.25, 0.3) is 0 Å². The molecule has 0 bridgehead atoms. The van der Waals surface area contributed by atoms with Crippen LogP contribution in [0, 0.1) is 34.5 Å². The summed E-state index contributed by atoms with van der Waals surface area (Å²) in [5, 5.41) is 0. The van der Waals surface area contributed by atoms with Crippen molar-refractivity contribution in [1.82, 2.24) is 0 Å². The Morgan fingerprint density at radius 3 is 2.58 bits per heavy atom. The molecule has 4 aliphatic rings. The molecule has 0 aromatic carbocycles. The van der Waals surface area contributed by atoms with Crippen LogP contribution in [0.4, 0.5) is 0 Å². The van der Waals surface area contributed by atoms with Crippen LogP contribution in [-0.4, -0.2) is 0 Å². The number of hydrogen-bond acceptors (Lipinski definition) is 0. The van der Waals surface area contributed by atoms with Gasteiger partial charge in [-0.1, -0.05) is 45.3 Å². The standard InChI is InChI=1S/C19H30/c1-18-11-5-7-16(18)15-9-8-14-6-3-4-12-19(14,2)17(15)10-13-18/h8-9,14-17H,3-7,10-13H2,1-2H3/t14-,15+,16+,17+,18+,19+/m1/s1. The van der Waals surface area contributed by atoms with Gasteiger partial charge in [-0.3, -0.25) is 0 Å². The molecule has 19 heavy (non-hydrogen) atoms. The molecule has 0 aromatic heterocycles. The molecule has 4 aliphatic carbocycles. The van der Waals surface area contributed by atoms with Gasteiger partial charge in [-0.05, 0) is 73.0 Å². The Morgan fingerprint density at radius 1 is 0.789 bits per heavy atom. The Balaban J connectivity index is 1.70. The minimum absolute atomic E-state index is 0.654. The fraction of sp³-hybridized carbons (Fsp3) is 0.895. The van der Waals surface area contributed by atoms with E-state index in [1.54, 1.807) is 0 Å². The number of rotatable bonds is 0. The van der Waals surface area contributed by atoms with Gasteiger partial charge >= 0.3 is 0 Å². The van der Waals surface area contributed by atoms with Gasteiger partial charge in [0, 0.05) is 0 Å². The van der Waals surface area contributed by atoms with E-state index in [0.29, 0.717) is 10.8 Å². The first-order valence-electron chi connectivity index (χ1n) is 8.82. The summed E-state index contributed by atoms with van der Waals surface area (Å²) in [5.41, 5.74) is 1.35. The Morgan fingerprint density at radius 2 is 1.68 bits per heavy atom. The molecule has 0 amide bonds. The van der Waals surface area contributed by atoms with Crippen molar-refractivity contribution in [2.24, 2.45) is 34.5 Å². The second-order valence-electron chi connectivity index (χ2n) is 8.62. The predicted molar refractivity (Wildman–Crippen MR) is 80.9 cm³/mol. The first kappa shape index (κ1) is 12.5. The van der Waals surface area contributed by atoms with E-state index >= 15 is 0 Å². The van der Waals surface area contributed by atoms with Gasteiger partial charge in [-0.25, -0.2) is 0 Å². The second-order valence-corrected chi connectivity index (χ2v) is 8.62. The van der Waals surface area contributed by atoms with Crippen molar-refractivity contribution < 1.29 is 0 Å². The van der Waals surface area contributed by atoms with Crippen LogP contribution in [0.15, 0.2) is 12.2 Å². The molecule has 0 aliphatic heterocycles. The Kier molecular flexibility index (Phi) is 2.71. The van der Waals surface area contributed by atoms with Crippen LogP contribution in [0.2, 0.25) is 0 Å². The molecule has 0 N–H and O–H groups in total. The van der Waals surface area contributed by atoms with Gasteiger partial charge < -0.3 is 0 Å². The zero-order valence-electron chi connectivity index (χ0n) is 12.8. The summed E-state index contributed by atoms with van der Waals surface area (Å²) in [6, 6.07) is 0. The quantitative estimate of drug-likeness (QED) is 0.497. The topological polar surface area (TPSA) is 0 Å². The van der Waals surface area contributed by atoms with Crippen LogP contribution in [0.5, 0.6) is 0 Å². The molecule has 0 heteroatoms. The van der Waals surface area contributed by atoms with Crippen LogP contribution in [-0.2, 0) is 0 Å². The van der Waals surface area contributed by atoms with E-state index in [1.807, 2.05) is 0 Å². The average Bonchev–Trinajstić information content (AvgIpc) is 2.79. The molecule has 0 nitrogen and oxygen atoms in total. The number of hydrogen-bond donors (Lipinski definition) is 0. The summed E-state index contributed by atoms with van der Waals surface area (Å²) in [5.74, 6) is 3.87. The lowest BCUT2D eigenvalue weighted by molar-refractivity contribution is -0.0467. The Labute approximate surface area is 119 Å². The summed E-state index contributed by atoms with van der Waals surface area (Å²) in [4.78, 5) is 0. The minimum Gasteiger partial charge on any atom is -0.0846 e. The van der Waals surface area contributed by atoms with Crippen molar-refractivity contribution in [3.8, 4) is 0 Å². The molecule has 0 aromatic rings. The molecular formula is C19H30. The first-order chi connectivity index (χ1) is 9.13. The molecule has 0 radical (unpaired) electrons. The summed E-state index contributed by atoms with van der Waals surface area (Å²) < 4.78 is 0. The van der Waals surface area contributed by atoms with E-state index in [2.05, 4.69) is 26.0 Å². The van der Waals surface area contributed by atoms with E-state index in [1.165, 1.54) is 57.8 Å². The van der Waals surface area contributed by atoms with Crippen LogP contribution < -0.4 is 0 Å². The van der Waals surface area contributed by atoms with Gasteiger partial charge in [0.15, 0.2) is 0 Å². The Bertz CT molecular complexity index is 395. The molecule has 106 valence electrons. The smallest absolute Gasteiger partial charge is 0.0166 e. The molecule has 3 fully saturated rings. The SMILES string of the molecule is C[C@@]12CCC[C@H]1[C@@H]1C=C[C@H]3CCCC[C@]3(C)[C@H]1CC2. The maximum absolute atomic E-state index is 2.69. The van der Waals surface area contributed by atoms with Crippen LogP contribution in [0.1, 0.15) is 71.6 Å². The average molecular weight is 258 g/mol. The van der Waals surface area contributed by atoms with E-state index in [9.17, 15) is 0 Å². The third-order valence-corrected chi connectivity index (χ3v) is 7.85. The summed E-state index contributed by atoms with van der Waals surface area (Å²) >= 11 is 0. The monoisotopic (exact) mass is 258 g/mol. The zero-order valence-corrected chi connectivity index (χ0v) is 12.8. The van der Waals surface area contributed by atoms with Crippen LogP contribution >= 0.6 is 0 Å². The lowest BCUT2D eigenvalue weighted by atomic mass is 9.47. The highest BCUT2D eigenvalue weighted by Gasteiger charge is 2.55. The molecule has 6 atom stereocenters. The molecule has 0 spiro atoms. The maximum atomic E-state index is 2.69. The highest BCUT2D eigenvalue weighted by Crippen LogP contribution is 2.64. The van der Waals surface area contributed by atoms with Gasteiger partial charge in [0.1, 0.15) is 0 Å². The Hall–Kier alpha value is -0.260. The zero-order chi connectivity index (χ0) is 13.1. The third-order valence-electron chi connectivity index (χ3n) is 7.85. The summed E-state index contributed by atoms with van der Waals surface area (Å²) in [7, 11) is 0. The lowest BCUT2D eigenvalue weighted by Gasteiger charge is -2.57. The summed E-state index contributed by atoms with van der Waals surface area (Å²) in [6.07, 6.45) is 18.9. The van der Waals surface area contributed by atoms with E-state index in [0.717, 1.165) is 23.7 Å². The first-order valence-corrected chi connectivity index (χ1v) is 8.82. The van der Waals surface area contributed by atoms with E-state index in [-0.39, 0.29) is 0 Å². The largest absolute Gasteiger partial charge is 0.0846 e. The molecule has 0 saturated heterocycles. The lowest BCUT2D eigenvalue weighted by Crippen LogP contribution is -2.49. The fourth-order valence-corrected chi connectivity index (χ4v) is 6.65. The second kappa shape index (κ2) is 4.12. The normalized spacial score (nSPS) is 56.3. The molecule has 0 unspecified atom stereocenters. The fourth-order valence-electron chi connectivity index (χ4n) is 6.65. The highest BCUT2D eigenvalue weighted by atomic mass is 14.6. The molecular weight excluding hydrogens is 228 g/mol.